The number of thiazole rings is 1. The molecule has 0 spiro atoms. The molecule has 3 aromatic rings. The summed E-state index contributed by atoms with van der Waals surface area (Å²) in [5.74, 6) is 2.06. The second-order valence-corrected chi connectivity index (χ2v) is 9.33. The molecule has 3 aliphatic heterocycles. The van der Waals surface area contributed by atoms with E-state index in [1.807, 2.05) is 47.5 Å². The maximum atomic E-state index is 13.0. The van der Waals surface area contributed by atoms with Crippen molar-refractivity contribution < 1.29 is 14.3 Å². The molecule has 33 heavy (non-hydrogen) atoms. The highest BCUT2D eigenvalue weighted by atomic mass is 35.5. The highest BCUT2D eigenvalue weighted by Crippen LogP contribution is 2.38. The molecule has 0 aliphatic carbocycles. The van der Waals surface area contributed by atoms with Crippen LogP contribution in [0.4, 0.5) is 0 Å². The van der Waals surface area contributed by atoms with Crippen LogP contribution in [0.2, 0.25) is 0 Å². The number of halogens is 1. The number of carbonyl (C=O) groups is 1. The van der Waals surface area contributed by atoms with E-state index < -0.39 is 0 Å². The first kappa shape index (κ1) is 21.8. The molecule has 2 atom stereocenters. The summed E-state index contributed by atoms with van der Waals surface area (Å²) in [5.41, 5.74) is 3.42. The van der Waals surface area contributed by atoms with Gasteiger partial charge in [0.2, 0.25) is 0 Å². The van der Waals surface area contributed by atoms with Gasteiger partial charge in [-0.15, -0.1) is 12.4 Å². The first-order chi connectivity index (χ1) is 15.7. The predicted octanol–water partition coefficient (Wildman–Crippen LogP) is 5.33. The topological polar surface area (TPSA) is 63.7 Å². The molecule has 2 aromatic carbocycles. The molecule has 3 aliphatic rings. The van der Waals surface area contributed by atoms with Gasteiger partial charge in [0.05, 0.1) is 6.20 Å². The number of likely N-dealkylation sites (tertiary alicyclic amines) is 1. The zero-order valence-corrected chi connectivity index (χ0v) is 19.5. The molecule has 1 aromatic heterocycles. The Hall–Kier alpha value is -3.03. The lowest BCUT2D eigenvalue weighted by Crippen LogP contribution is -2.26. The average Bonchev–Trinajstić information content (AvgIpc) is 3.57. The smallest absolute Gasteiger partial charge is 0.279 e. The number of hydrogen-bond donors (Lipinski definition) is 1. The van der Waals surface area contributed by atoms with Crippen LogP contribution in [-0.2, 0) is 6.42 Å². The summed E-state index contributed by atoms with van der Waals surface area (Å²) in [6, 6.07) is 16.2. The summed E-state index contributed by atoms with van der Waals surface area (Å²) in [6.45, 7) is 1.68. The van der Waals surface area contributed by atoms with Gasteiger partial charge in [0, 0.05) is 30.9 Å². The van der Waals surface area contributed by atoms with Crippen LogP contribution in [0.5, 0.6) is 16.7 Å². The number of benzene rings is 2. The van der Waals surface area contributed by atoms with E-state index in [4.69, 9.17) is 9.47 Å². The minimum Gasteiger partial charge on any atom is -0.485 e. The highest BCUT2D eigenvalue weighted by Gasteiger charge is 2.35. The SMILES string of the molecule is Cl.O=C(c1cnc(Oc2ccc3c(c2)CCC(c2ccccc2)O3)s1)N1CCC2CNC=C21. The molecule has 0 radical (unpaired) electrons. The molecule has 0 bridgehead atoms. The molecule has 0 saturated carbocycles. The van der Waals surface area contributed by atoms with Crippen LogP contribution in [-0.4, -0.2) is 28.9 Å². The molecular weight excluding hydrogens is 458 g/mol. The number of nitrogens with zero attached hydrogens (tertiary/aromatic N) is 2. The molecule has 6 rings (SSSR count). The Morgan fingerprint density at radius 1 is 1.18 bits per heavy atom. The summed E-state index contributed by atoms with van der Waals surface area (Å²) in [6.07, 6.45) is 6.52. The number of aryl methyl sites for hydroxylation is 1. The lowest BCUT2D eigenvalue weighted by Gasteiger charge is -2.26. The van der Waals surface area contributed by atoms with E-state index in [1.54, 1.807) is 6.20 Å². The predicted molar refractivity (Wildman–Crippen MR) is 129 cm³/mol. The van der Waals surface area contributed by atoms with E-state index >= 15 is 0 Å². The number of amides is 1. The maximum absolute atomic E-state index is 13.0. The standard InChI is InChI=1S/C25H23N3O3S.ClH/c29-24(28-11-10-18-13-26-14-20(18)28)23-15-27-25(32-23)30-19-7-9-22-17(12-19)6-8-21(31-22)16-4-2-1-3-5-16;/h1-5,7,9,12,14-15,18,21,26H,6,8,10-11,13H2;1H. The van der Waals surface area contributed by atoms with Crippen molar-refractivity contribution in [1.82, 2.24) is 15.2 Å². The van der Waals surface area contributed by atoms with E-state index in [0.717, 1.165) is 49.4 Å². The van der Waals surface area contributed by atoms with Crippen molar-refractivity contribution in [2.75, 3.05) is 13.1 Å². The summed E-state index contributed by atoms with van der Waals surface area (Å²) in [4.78, 5) is 19.7. The third kappa shape index (κ3) is 4.18. The number of nitrogens with one attached hydrogen (secondary N) is 1. The van der Waals surface area contributed by atoms with Crippen molar-refractivity contribution in [3.63, 3.8) is 0 Å². The zero-order valence-electron chi connectivity index (χ0n) is 17.9. The fourth-order valence-electron chi connectivity index (χ4n) is 4.68. The van der Waals surface area contributed by atoms with Crippen molar-refractivity contribution in [3.8, 4) is 16.7 Å². The number of rotatable bonds is 4. The summed E-state index contributed by atoms with van der Waals surface area (Å²) < 4.78 is 12.2. The molecule has 170 valence electrons. The van der Waals surface area contributed by atoms with Gasteiger partial charge in [0.1, 0.15) is 22.5 Å². The molecule has 6 nitrogen and oxygen atoms in total. The van der Waals surface area contributed by atoms with E-state index in [-0.39, 0.29) is 24.4 Å². The van der Waals surface area contributed by atoms with Crippen LogP contribution in [0.1, 0.15) is 39.7 Å². The minimum absolute atomic E-state index is 0. The Kier molecular flexibility index (Phi) is 6.00. The van der Waals surface area contributed by atoms with Gasteiger partial charge in [-0.05, 0) is 48.6 Å². The van der Waals surface area contributed by atoms with Gasteiger partial charge in [-0.3, -0.25) is 4.79 Å². The van der Waals surface area contributed by atoms with Crippen molar-refractivity contribution in [3.05, 3.63) is 82.6 Å². The Labute approximate surface area is 202 Å². The number of fused-ring (bicyclic) bond motifs is 2. The fraction of sp³-hybridized carbons (Fsp3) is 0.280. The summed E-state index contributed by atoms with van der Waals surface area (Å²) in [7, 11) is 0. The second kappa shape index (κ2) is 9.08. The third-order valence-electron chi connectivity index (χ3n) is 6.34. The Bertz CT molecular complexity index is 1200. The fourth-order valence-corrected chi connectivity index (χ4v) is 5.41. The molecule has 1 amide bonds. The monoisotopic (exact) mass is 481 g/mol. The molecule has 2 unspecified atom stereocenters. The maximum Gasteiger partial charge on any atom is 0.279 e. The van der Waals surface area contributed by atoms with Gasteiger partial charge >= 0.3 is 0 Å². The van der Waals surface area contributed by atoms with Crippen molar-refractivity contribution >= 4 is 29.7 Å². The van der Waals surface area contributed by atoms with Gasteiger partial charge in [0.15, 0.2) is 0 Å². The molecular formula is C25H24ClN3O3S. The number of aromatic nitrogens is 1. The average molecular weight is 482 g/mol. The van der Waals surface area contributed by atoms with Crippen LogP contribution in [0.25, 0.3) is 0 Å². The van der Waals surface area contributed by atoms with Crippen molar-refractivity contribution in [2.45, 2.75) is 25.4 Å². The normalized spacial score (nSPS) is 20.6. The van der Waals surface area contributed by atoms with E-state index in [2.05, 4.69) is 22.4 Å². The Morgan fingerprint density at radius 3 is 2.94 bits per heavy atom. The van der Waals surface area contributed by atoms with Crippen LogP contribution in [0.15, 0.2) is 66.6 Å². The largest absolute Gasteiger partial charge is 0.485 e. The third-order valence-corrected chi connectivity index (χ3v) is 7.20. The molecule has 1 fully saturated rings. The number of carbonyl (C=O) groups excluding carboxylic acids is 1. The quantitative estimate of drug-likeness (QED) is 0.545. The number of hydrogen-bond acceptors (Lipinski definition) is 6. The molecule has 8 heteroatoms. The Morgan fingerprint density at radius 2 is 2.06 bits per heavy atom. The van der Waals surface area contributed by atoms with Crippen LogP contribution in [0.3, 0.4) is 0 Å². The zero-order chi connectivity index (χ0) is 21.5. The van der Waals surface area contributed by atoms with Crippen LogP contribution in [0, 0.1) is 5.92 Å². The van der Waals surface area contributed by atoms with E-state index in [1.165, 1.54) is 16.9 Å². The number of ether oxygens (including phenoxy) is 2. The first-order valence-electron chi connectivity index (χ1n) is 11.0. The van der Waals surface area contributed by atoms with Gasteiger partial charge < -0.3 is 19.7 Å². The van der Waals surface area contributed by atoms with Gasteiger partial charge in [-0.2, -0.15) is 0 Å². The van der Waals surface area contributed by atoms with Crippen LogP contribution < -0.4 is 14.8 Å². The van der Waals surface area contributed by atoms with Gasteiger partial charge in [0.25, 0.3) is 11.1 Å². The van der Waals surface area contributed by atoms with Gasteiger partial charge in [-0.1, -0.05) is 41.7 Å². The molecule has 4 heterocycles. The molecule has 1 N–H and O–H groups in total. The molecule has 1 saturated heterocycles. The van der Waals surface area contributed by atoms with Crippen LogP contribution >= 0.6 is 23.7 Å². The summed E-state index contributed by atoms with van der Waals surface area (Å²) >= 11 is 1.29. The van der Waals surface area contributed by atoms with Crippen molar-refractivity contribution in [2.24, 2.45) is 5.92 Å². The van der Waals surface area contributed by atoms with E-state index in [9.17, 15) is 4.79 Å². The lowest BCUT2D eigenvalue weighted by atomic mass is 9.97. The summed E-state index contributed by atoms with van der Waals surface area (Å²) in [5, 5.41) is 3.71. The lowest BCUT2D eigenvalue weighted by molar-refractivity contribution is 0.0829. The van der Waals surface area contributed by atoms with Crippen molar-refractivity contribution in [1.29, 1.82) is 0 Å². The second-order valence-electron chi connectivity index (χ2n) is 8.34. The van der Waals surface area contributed by atoms with E-state index in [0.29, 0.717) is 21.7 Å². The Balaban J connectivity index is 0.00000228. The highest BCUT2D eigenvalue weighted by molar-refractivity contribution is 7.15. The van der Waals surface area contributed by atoms with Gasteiger partial charge in [-0.25, -0.2) is 4.98 Å². The first-order valence-corrected chi connectivity index (χ1v) is 11.8. The minimum atomic E-state index is 0.